The second-order valence-electron chi connectivity index (χ2n) is 5.83. The first-order valence-electron chi connectivity index (χ1n) is 6.93. The molecule has 0 heterocycles. The van der Waals surface area contributed by atoms with Crippen LogP contribution in [0.15, 0.2) is 24.3 Å². The first-order valence-corrected chi connectivity index (χ1v) is 8.89. The van der Waals surface area contributed by atoms with Crippen LogP contribution in [0.3, 0.4) is 0 Å². The van der Waals surface area contributed by atoms with Gasteiger partial charge in [0, 0.05) is 18.0 Å². The Kier molecular flexibility index (Phi) is 4.19. The molecule has 0 saturated heterocycles. The molecule has 0 bridgehead atoms. The van der Waals surface area contributed by atoms with Crippen LogP contribution in [-0.2, 0) is 9.84 Å². The van der Waals surface area contributed by atoms with E-state index in [0.29, 0.717) is 5.92 Å². The lowest BCUT2D eigenvalue weighted by Gasteiger charge is -2.21. The lowest BCUT2D eigenvalue weighted by Crippen LogP contribution is -2.34. The fourth-order valence-electron chi connectivity index (χ4n) is 2.78. The molecule has 0 aromatic heterocycles. The molecule has 1 aliphatic carbocycles. The number of hydrogen-bond acceptors (Lipinski definition) is 3. The Balaban J connectivity index is 2.08. The van der Waals surface area contributed by atoms with Crippen LogP contribution < -0.4 is 5.32 Å². The average molecular weight is 281 g/mol. The van der Waals surface area contributed by atoms with Crippen molar-refractivity contribution in [3.63, 3.8) is 0 Å². The standard InChI is InChI=1S/C15H23NO2S/c1-11(2)12-7-9-13(10-8-12)16-14-5-4-6-15(14)19(3,17)18/h7-11,14-16H,4-6H2,1-3H3. The first-order chi connectivity index (χ1) is 8.88. The zero-order valence-electron chi connectivity index (χ0n) is 11.9. The first kappa shape index (κ1) is 14.4. The minimum atomic E-state index is -2.96. The molecule has 19 heavy (non-hydrogen) atoms. The monoisotopic (exact) mass is 281 g/mol. The molecule has 0 radical (unpaired) electrons. The van der Waals surface area contributed by atoms with E-state index in [0.717, 1.165) is 24.9 Å². The van der Waals surface area contributed by atoms with Gasteiger partial charge in [-0.3, -0.25) is 0 Å². The molecule has 1 saturated carbocycles. The highest BCUT2D eigenvalue weighted by Crippen LogP contribution is 2.28. The minimum absolute atomic E-state index is 0.0555. The SMILES string of the molecule is CC(C)c1ccc(NC2CCCC2S(C)(=O)=O)cc1. The Bertz CT molecular complexity index is 520. The summed E-state index contributed by atoms with van der Waals surface area (Å²) >= 11 is 0. The van der Waals surface area contributed by atoms with Crippen LogP contribution >= 0.6 is 0 Å². The highest BCUT2D eigenvalue weighted by molar-refractivity contribution is 7.91. The number of hydrogen-bond donors (Lipinski definition) is 1. The van der Waals surface area contributed by atoms with Crippen molar-refractivity contribution in [2.24, 2.45) is 0 Å². The van der Waals surface area contributed by atoms with Gasteiger partial charge >= 0.3 is 0 Å². The van der Waals surface area contributed by atoms with Gasteiger partial charge in [0.1, 0.15) is 0 Å². The van der Waals surface area contributed by atoms with Gasteiger partial charge in [-0.05, 0) is 42.9 Å². The number of sulfone groups is 1. The second kappa shape index (κ2) is 5.53. The van der Waals surface area contributed by atoms with Crippen molar-refractivity contribution in [3.8, 4) is 0 Å². The van der Waals surface area contributed by atoms with E-state index in [-0.39, 0.29) is 11.3 Å². The van der Waals surface area contributed by atoms with Crippen LogP contribution in [0.1, 0.15) is 44.6 Å². The van der Waals surface area contributed by atoms with Gasteiger partial charge in [0.15, 0.2) is 9.84 Å². The van der Waals surface area contributed by atoms with Crippen LogP contribution in [0.4, 0.5) is 5.69 Å². The summed E-state index contributed by atoms with van der Waals surface area (Å²) in [6.07, 6.45) is 4.04. The fraction of sp³-hybridized carbons (Fsp3) is 0.600. The maximum atomic E-state index is 11.7. The fourth-order valence-corrected chi connectivity index (χ4v) is 4.18. The van der Waals surface area contributed by atoms with Gasteiger partial charge in [0.25, 0.3) is 0 Å². The predicted molar refractivity (Wildman–Crippen MR) is 80.4 cm³/mol. The molecule has 2 unspecified atom stereocenters. The van der Waals surface area contributed by atoms with E-state index in [9.17, 15) is 8.42 Å². The quantitative estimate of drug-likeness (QED) is 0.922. The molecule has 1 aromatic rings. The number of benzene rings is 1. The zero-order chi connectivity index (χ0) is 14.0. The molecule has 0 aliphatic heterocycles. The molecule has 106 valence electrons. The van der Waals surface area contributed by atoms with Gasteiger partial charge in [-0.2, -0.15) is 0 Å². The van der Waals surface area contributed by atoms with Gasteiger partial charge in [-0.25, -0.2) is 8.42 Å². The molecule has 2 atom stereocenters. The summed E-state index contributed by atoms with van der Waals surface area (Å²) in [5.74, 6) is 0.518. The summed E-state index contributed by atoms with van der Waals surface area (Å²) in [5.41, 5.74) is 2.32. The topological polar surface area (TPSA) is 46.2 Å². The van der Waals surface area contributed by atoms with Crippen molar-refractivity contribution in [1.82, 2.24) is 0 Å². The van der Waals surface area contributed by atoms with Crippen LogP contribution in [0.2, 0.25) is 0 Å². The predicted octanol–water partition coefficient (Wildman–Crippen LogP) is 3.19. The van der Waals surface area contributed by atoms with E-state index < -0.39 is 9.84 Å². The Labute approximate surface area is 116 Å². The van der Waals surface area contributed by atoms with Gasteiger partial charge in [-0.1, -0.05) is 26.0 Å². The number of anilines is 1. The van der Waals surface area contributed by atoms with E-state index in [2.05, 4.69) is 31.3 Å². The maximum absolute atomic E-state index is 11.7. The Morgan fingerprint density at radius 3 is 2.32 bits per heavy atom. The molecule has 2 rings (SSSR count). The third-order valence-corrected chi connectivity index (χ3v) is 5.60. The second-order valence-corrected chi connectivity index (χ2v) is 8.09. The summed E-state index contributed by atoms with van der Waals surface area (Å²) in [4.78, 5) is 0. The highest BCUT2D eigenvalue weighted by Gasteiger charge is 2.34. The molecule has 1 aliphatic rings. The van der Waals surface area contributed by atoms with Crippen molar-refractivity contribution in [3.05, 3.63) is 29.8 Å². The molecule has 1 fully saturated rings. The van der Waals surface area contributed by atoms with E-state index in [1.165, 1.54) is 11.8 Å². The van der Waals surface area contributed by atoms with Gasteiger partial charge in [0.05, 0.1) is 5.25 Å². The third kappa shape index (κ3) is 3.50. The molecular formula is C15H23NO2S. The normalized spacial score (nSPS) is 23.8. The Morgan fingerprint density at radius 1 is 1.16 bits per heavy atom. The van der Waals surface area contributed by atoms with Crippen molar-refractivity contribution in [2.45, 2.75) is 50.3 Å². The molecule has 4 heteroatoms. The number of rotatable bonds is 4. The Hall–Kier alpha value is -1.03. The van der Waals surface area contributed by atoms with Gasteiger partial charge < -0.3 is 5.32 Å². The average Bonchev–Trinajstić information content (AvgIpc) is 2.77. The molecule has 0 amide bonds. The van der Waals surface area contributed by atoms with Crippen molar-refractivity contribution >= 4 is 15.5 Å². The van der Waals surface area contributed by atoms with E-state index in [1.54, 1.807) is 0 Å². The van der Waals surface area contributed by atoms with Gasteiger partial charge in [0.2, 0.25) is 0 Å². The van der Waals surface area contributed by atoms with Gasteiger partial charge in [-0.15, -0.1) is 0 Å². The minimum Gasteiger partial charge on any atom is -0.381 e. The van der Waals surface area contributed by atoms with Crippen LogP contribution in [-0.4, -0.2) is 26.0 Å². The van der Waals surface area contributed by atoms with Crippen LogP contribution in [0, 0.1) is 0 Å². The molecule has 1 aromatic carbocycles. The smallest absolute Gasteiger partial charge is 0.152 e. The summed E-state index contributed by atoms with van der Waals surface area (Å²) in [7, 11) is -2.96. The summed E-state index contributed by atoms with van der Waals surface area (Å²) in [6, 6.07) is 8.37. The van der Waals surface area contributed by atoms with Crippen LogP contribution in [0.25, 0.3) is 0 Å². The molecule has 3 nitrogen and oxygen atoms in total. The lowest BCUT2D eigenvalue weighted by molar-refractivity contribution is 0.579. The molecule has 1 N–H and O–H groups in total. The maximum Gasteiger partial charge on any atom is 0.152 e. The highest BCUT2D eigenvalue weighted by atomic mass is 32.2. The largest absolute Gasteiger partial charge is 0.381 e. The summed E-state index contributed by atoms with van der Waals surface area (Å²) in [6.45, 7) is 4.33. The van der Waals surface area contributed by atoms with Crippen molar-refractivity contribution in [2.75, 3.05) is 11.6 Å². The Morgan fingerprint density at radius 2 is 1.79 bits per heavy atom. The van der Waals surface area contributed by atoms with Crippen LogP contribution in [0.5, 0.6) is 0 Å². The number of nitrogens with one attached hydrogen (secondary N) is 1. The summed E-state index contributed by atoms with van der Waals surface area (Å²) in [5, 5.41) is 3.15. The third-order valence-electron chi connectivity index (χ3n) is 3.93. The molecular weight excluding hydrogens is 258 g/mol. The zero-order valence-corrected chi connectivity index (χ0v) is 12.7. The lowest BCUT2D eigenvalue weighted by atomic mass is 10.0. The van der Waals surface area contributed by atoms with Crippen molar-refractivity contribution < 1.29 is 8.42 Å². The van der Waals surface area contributed by atoms with Crippen molar-refractivity contribution in [1.29, 1.82) is 0 Å². The van der Waals surface area contributed by atoms with E-state index >= 15 is 0 Å². The van der Waals surface area contributed by atoms with E-state index in [4.69, 9.17) is 0 Å². The van der Waals surface area contributed by atoms with E-state index in [1.807, 2.05) is 12.1 Å². The summed E-state index contributed by atoms with van der Waals surface area (Å²) < 4.78 is 23.5. The molecule has 0 spiro atoms.